The van der Waals surface area contributed by atoms with Crippen LogP contribution in [0.1, 0.15) is 33.1 Å². The molecule has 5 heteroatoms. The molecule has 0 aromatic rings. The number of carboxylic acid groups (broad SMARTS) is 1. The first kappa shape index (κ1) is 15.0. The van der Waals surface area contributed by atoms with E-state index in [1.807, 2.05) is 0 Å². The fourth-order valence-electron chi connectivity index (χ4n) is 2.22. The van der Waals surface area contributed by atoms with E-state index in [4.69, 9.17) is 5.11 Å². The van der Waals surface area contributed by atoms with Crippen LogP contribution in [-0.2, 0) is 9.59 Å². The average molecular weight is 256 g/mol. The molecule has 1 amide bonds. The van der Waals surface area contributed by atoms with Gasteiger partial charge in [0, 0.05) is 19.5 Å². The molecule has 0 bridgehead atoms. The topological polar surface area (TPSA) is 69.6 Å². The molecule has 1 rings (SSSR count). The van der Waals surface area contributed by atoms with E-state index in [-0.39, 0.29) is 12.3 Å². The van der Waals surface area contributed by atoms with Crippen molar-refractivity contribution < 1.29 is 14.7 Å². The van der Waals surface area contributed by atoms with Crippen LogP contribution in [-0.4, -0.2) is 48.6 Å². The van der Waals surface area contributed by atoms with Crippen molar-refractivity contribution in [2.45, 2.75) is 33.1 Å². The van der Waals surface area contributed by atoms with E-state index in [9.17, 15) is 9.59 Å². The summed E-state index contributed by atoms with van der Waals surface area (Å²) in [4.78, 5) is 24.8. The number of carbonyl (C=O) groups is 2. The number of likely N-dealkylation sites (tertiary alicyclic amines) is 1. The number of amides is 1. The molecule has 1 unspecified atom stereocenters. The van der Waals surface area contributed by atoms with Gasteiger partial charge in [-0.05, 0) is 46.2 Å². The predicted octanol–water partition coefficient (Wildman–Crippen LogP) is 0.945. The summed E-state index contributed by atoms with van der Waals surface area (Å²) in [6.07, 6.45) is 2.20. The highest BCUT2D eigenvalue weighted by atomic mass is 16.4. The third kappa shape index (κ3) is 4.64. The van der Waals surface area contributed by atoms with Crippen molar-refractivity contribution in [3.8, 4) is 0 Å². The Morgan fingerprint density at radius 2 is 2.11 bits per heavy atom. The van der Waals surface area contributed by atoms with Crippen molar-refractivity contribution in [3.05, 3.63) is 0 Å². The third-order valence-electron chi connectivity index (χ3n) is 3.55. The summed E-state index contributed by atoms with van der Waals surface area (Å²) < 4.78 is 0. The van der Waals surface area contributed by atoms with Crippen molar-refractivity contribution in [1.82, 2.24) is 10.2 Å². The van der Waals surface area contributed by atoms with Gasteiger partial charge in [-0.3, -0.25) is 9.59 Å². The molecule has 1 heterocycles. The lowest BCUT2D eigenvalue weighted by Gasteiger charge is -2.18. The summed E-state index contributed by atoms with van der Waals surface area (Å²) >= 11 is 0. The van der Waals surface area contributed by atoms with Gasteiger partial charge in [-0.1, -0.05) is 0 Å². The molecule has 0 aliphatic carbocycles. The quantitative estimate of drug-likeness (QED) is 0.742. The molecule has 1 aliphatic heterocycles. The van der Waals surface area contributed by atoms with E-state index in [0.717, 1.165) is 19.5 Å². The molecule has 104 valence electrons. The van der Waals surface area contributed by atoms with Crippen LogP contribution in [0.5, 0.6) is 0 Å². The van der Waals surface area contributed by atoms with Crippen molar-refractivity contribution in [3.63, 3.8) is 0 Å². The molecule has 0 aromatic carbocycles. The number of carboxylic acids is 1. The summed E-state index contributed by atoms with van der Waals surface area (Å²) in [5.74, 6) is -0.452. The smallest absolute Gasteiger partial charge is 0.309 e. The summed E-state index contributed by atoms with van der Waals surface area (Å²) in [5, 5.41) is 11.7. The Morgan fingerprint density at radius 1 is 1.44 bits per heavy atom. The first-order valence-corrected chi connectivity index (χ1v) is 6.50. The number of nitrogens with one attached hydrogen (secondary N) is 1. The molecule has 1 aliphatic rings. The zero-order chi connectivity index (χ0) is 13.8. The summed E-state index contributed by atoms with van der Waals surface area (Å²) in [7, 11) is 2.11. The second-order valence-corrected chi connectivity index (χ2v) is 5.92. The molecule has 2 N–H and O–H groups in total. The minimum Gasteiger partial charge on any atom is -0.481 e. The zero-order valence-corrected chi connectivity index (χ0v) is 11.5. The lowest BCUT2D eigenvalue weighted by Crippen LogP contribution is -2.34. The van der Waals surface area contributed by atoms with E-state index in [2.05, 4.69) is 17.3 Å². The van der Waals surface area contributed by atoms with E-state index in [0.29, 0.717) is 12.5 Å². The molecule has 18 heavy (non-hydrogen) atoms. The monoisotopic (exact) mass is 256 g/mol. The van der Waals surface area contributed by atoms with Crippen LogP contribution in [0, 0.1) is 11.3 Å². The van der Waals surface area contributed by atoms with Gasteiger partial charge in [0.2, 0.25) is 5.91 Å². The van der Waals surface area contributed by atoms with Crippen molar-refractivity contribution in [2.75, 3.05) is 26.7 Å². The molecular formula is C13H24N2O3. The van der Waals surface area contributed by atoms with E-state index in [1.54, 1.807) is 13.8 Å². The minimum atomic E-state index is -0.988. The van der Waals surface area contributed by atoms with Crippen molar-refractivity contribution >= 4 is 11.9 Å². The molecule has 0 radical (unpaired) electrons. The van der Waals surface area contributed by atoms with Crippen LogP contribution in [0.2, 0.25) is 0 Å². The lowest BCUT2D eigenvalue weighted by molar-refractivity contribution is -0.149. The van der Waals surface area contributed by atoms with E-state index >= 15 is 0 Å². The van der Waals surface area contributed by atoms with Crippen LogP contribution < -0.4 is 5.32 Å². The maximum absolute atomic E-state index is 11.6. The van der Waals surface area contributed by atoms with Gasteiger partial charge in [0.15, 0.2) is 0 Å². The SMILES string of the molecule is CN1CCC(CCNC(=O)CC(C)(C)C(=O)O)C1. The Kier molecular flexibility index (Phi) is 5.14. The standard InChI is InChI=1S/C13H24N2O3/c1-13(2,12(17)18)8-11(16)14-6-4-10-5-7-15(3)9-10/h10H,4-9H2,1-3H3,(H,14,16)(H,17,18). The number of hydrogen-bond donors (Lipinski definition) is 2. The first-order chi connectivity index (χ1) is 8.31. The lowest BCUT2D eigenvalue weighted by atomic mass is 9.89. The number of rotatable bonds is 6. The van der Waals surface area contributed by atoms with Crippen LogP contribution in [0.4, 0.5) is 0 Å². The fraction of sp³-hybridized carbons (Fsp3) is 0.846. The Labute approximate surface area is 109 Å². The van der Waals surface area contributed by atoms with E-state index in [1.165, 1.54) is 6.42 Å². The Balaban J connectivity index is 2.19. The molecule has 0 saturated carbocycles. The second-order valence-electron chi connectivity index (χ2n) is 5.92. The van der Waals surface area contributed by atoms with Gasteiger partial charge >= 0.3 is 5.97 Å². The van der Waals surface area contributed by atoms with Crippen LogP contribution in [0.3, 0.4) is 0 Å². The van der Waals surface area contributed by atoms with Gasteiger partial charge in [-0.15, -0.1) is 0 Å². The number of hydrogen-bond acceptors (Lipinski definition) is 3. The van der Waals surface area contributed by atoms with Crippen molar-refractivity contribution in [1.29, 1.82) is 0 Å². The van der Waals surface area contributed by atoms with Gasteiger partial charge < -0.3 is 15.3 Å². The first-order valence-electron chi connectivity index (χ1n) is 6.50. The highest BCUT2D eigenvalue weighted by Crippen LogP contribution is 2.20. The van der Waals surface area contributed by atoms with Crippen LogP contribution in [0.15, 0.2) is 0 Å². The second kappa shape index (κ2) is 6.18. The highest BCUT2D eigenvalue weighted by molar-refractivity contribution is 5.84. The van der Waals surface area contributed by atoms with Gasteiger partial charge in [-0.25, -0.2) is 0 Å². The molecule has 5 nitrogen and oxygen atoms in total. The third-order valence-corrected chi connectivity index (χ3v) is 3.55. The Bertz CT molecular complexity index is 315. The summed E-state index contributed by atoms with van der Waals surface area (Å²) in [6, 6.07) is 0. The molecule has 1 fully saturated rings. The number of nitrogens with zero attached hydrogens (tertiary/aromatic N) is 1. The largest absolute Gasteiger partial charge is 0.481 e. The van der Waals surface area contributed by atoms with Crippen molar-refractivity contribution in [2.24, 2.45) is 11.3 Å². The molecular weight excluding hydrogens is 232 g/mol. The number of aliphatic carboxylic acids is 1. The van der Waals surface area contributed by atoms with Gasteiger partial charge in [0.25, 0.3) is 0 Å². The van der Waals surface area contributed by atoms with Crippen LogP contribution in [0.25, 0.3) is 0 Å². The highest BCUT2D eigenvalue weighted by Gasteiger charge is 2.30. The predicted molar refractivity (Wildman–Crippen MR) is 69.3 cm³/mol. The molecule has 1 saturated heterocycles. The maximum atomic E-state index is 11.6. The number of carbonyl (C=O) groups excluding carboxylic acids is 1. The summed E-state index contributed by atoms with van der Waals surface area (Å²) in [6.45, 7) is 6.01. The van der Waals surface area contributed by atoms with Gasteiger partial charge in [0.05, 0.1) is 5.41 Å². The Hall–Kier alpha value is -1.10. The zero-order valence-electron chi connectivity index (χ0n) is 11.5. The van der Waals surface area contributed by atoms with Crippen LogP contribution >= 0.6 is 0 Å². The summed E-state index contributed by atoms with van der Waals surface area (Å²) in [5.41, 5.74) is -0.988. The normalized spacial score (nSPS) is 20.9. The van der Waals surface area contributed by atoms with E-state index < -0.39 is 11.4 Å². The van der Waals surface area contributed by atoms with Gasteiger partial charge in [-0.2, -0.15) is 0 Å². The minimum absolute atomic E-state index is 0.0346. The molecule has 0 aromatic heterocycles. The van der Waals surface area contributed by atoms with Gasteiger partial charge in [0.1, 0.15) is 0 Å². The molecule has 1 atom stereocenters. The fourth-order valence-corrected chi connectivity index (χ4v) is 2.22. The molecule has 0 spiro atoms. The maximum Gasteiger partial charge on any atom is 0.309 e. The Morgan fingerprint density at radius 3 is 2.61 bits per heavy atom. The average Bonchev–Trinajstić information content (AvgIpc) is 2.63.